The van der Waals surface area contributed by atoms with Crippen molar-refractivity contribution in [1.29, 1.82) is 0 Å². The van der Waals surface area contributed by atoms with Crippen LogP contribution in [0, 0.1) is 0 Å². The van der Waals surface area contributed by atoms with E-state index in [4.69, 9.17) is 5.73 Å². The van der Waals surface area contributed by atoms with Crippen molar-refractivity contribution in [3.63, 3.8) is 0 Å². The van der Waals surface area contributed by atoms with E-state index >= 15 is 0 Å². The Kier molecular flexibility index (Phi) is 4.85. The van der Waals surface area contributed by atoms with E-state index in [0.717, 1.165) is 15.6 Å². The number of nitrogens with two attached hydrogens (primary N) is 1. The van der Waals surface area contributed by atoms with Crippen molar-refractivity contribution in [3.05, 3.63) is 64.1 Å². The van der Waals surface area contributed by atoms with Gasteiger partial charge in [-0.25, -0.2) is 4.79 Å². The number of hydrogen-bond donors (Lipinski definition) is 2. The minimum atomic E-state index is -0.293. The minimum Gasteiger partial charge on any atom is -0.398 e. The Bertz CT molecular complexity index is 629. The number of hydrogen-bond acceptors (Lipinski definition) is 2. The molecule has 0 saturated heterocycles. The predicted octanol–water partition coefficient (Wildman–Crippen LogP) is 3.39. The van der Waals surface area contributed by atoms with Gasteiger partial charge in [-0.2, -0.15) is 0 Å². The van der Waals surface area contributed by atoms with Gasteiger partial charge in [-0.3, -0.25) is 0 Å². The number of nitrogen functional groups attached to an aromatic ring is 1. The third-order valence-electron chi connectivity index (χ3n) is 3.17. The lowest BCUT2D eigenvalue weighted by Crippen LogP contribution is -2.37. The van der Waals surface area contributed by atoms with Crippen molar-refractivity contribution in [2.24, 2.45) is 0 Å². The number of halogens is 1. The van der Waals surface area contributed by atoms with Crippen LogP contribution in [0.1, 0.15) is 17.2 Å². The van der Waals surface area contributed by atoms with Crippen LogP contribution in [0.25, 0.3) is 0 Å². The third kappa shape index (κ3) is 3.76. The highest BCUT2D eigenvalue weighted by molar-refractivity contribution is 9.10. The van der Waals surface area contributed by atoms with Gasteiger partial charge in [-0.15, -0.1) is 0 Å². The molecule has 2 amide bonds. The lowest BCUT2D eigenvalue weighted by molar-refractivity contribution is 0.215. The van der Waals surface area contributed by atoms with Crippen molar-refractivity contribution in [2.45, 2.75) is 6.04 Å². The van der Waals surface area contributed by atoms with Gasteiger partial charge < -0.3 is 16.0 Å². The highest BCUT2D eigenvalue weighted by atomic mass is 79.9. The average Bonchev–Trinajstić information content (AvgIpc) is 2.48. The molecule has 0 bridgehead atoms. The van der Waals surface area contributed by atoms with E-state index < -0.39 is 0 Å². The van der Waals surface area contributed by atoms with Crippen molar-refractivity contribution >= 4 is 27.6 Å². The topological polar surface area (TPSA) is 58.4 Å². The largest absolute Gasteiger partial charge is 0.398 e. The Morgan fingerprint density at radius 1 is 1.19 bits per heavy atom. The molecule has 0 heterocycles. The lowest BCUT2D eigenvalue weighted by atomic mass is 9.97. The number of nitrogens with zero attached hydrogens (tertiary/aromatic N) is 1. The quantitative estimate of drug-likeness (QED) is 0.836. The summed E-state index contributed by atoms with van der Waals surface area (Å²) >= 11 is 3.45. The van der Waals surface area contributed by atoms with Gasteiger partial charge >= 0.3 is 6.03 Å². The monoisotopic (exact) mass is 347 g/mol. The fourth-order valence-corrected chi connectivity index (χ4v) is 2.41. The van der Waals surface area contributed by atoms with Gasteiger partial charge in [-0.1, -0.05) is 46.3 Å². The summed E-state index contributed by atoms with van der Waals surface area (Å²) in [6.07, 6.45) is 0. The molecule has 2 aromatic carbocycles. The summed E-state index contributed by atoms with van der Waals surface area (Å²) in [6, 6.07) is 15.0. The molecule has 0 spiro atoms. The molecule has 0 aliphatic heterocycles. The van der Waals surface area contributed by atoms with E-state index in [1.807, 2.05) is 48.5 Å². The van der Waals surface area contributed by atoms with Crippen LogP contribution in [0.15, 0.2) is 53.0 Å². The van der Waals surface area contributed by atoms with Gasteiger partial charge in [-0.05, 0) is 23.8 Å². The molecule has 3 N–H and O–H groups in total. The van der Waals surface area contributed by atoms with Crippen LogP contribution < -0.4 is 11.1 Å². The maximum atomic E-state index is 12.1. The molecule has 0 aromatic heterocycles. The number of nitrogens with one attached hydrogen (secondary N) is 1. The van der Waals surface area contributed by atoms with E-state index in [2.05, 4.69) is 21.2 Å². The number of rotatable bonds is 3. The zero-order chi connectivity index (χ0) is 15.4. The minimum absolute atomic E-state index is 0.164. The molecule has 4 nitrogen and oxygen atoms in total. The van der Waals surface area contributed by atoms with Crippen molar-refractivity contribution < 1.29 is 4.79 Å². The van der Waals surface area contributed by atoms with Crippen molar-refractivity contribution in [3.8, 4) is 0 Å². The van der Waals surface area contributed by atoms with Crippen LogP contribution in [0.5, 0.6) is 0 Å². The van der Waals surface area contributed by atoms with Crippen LogP contribution in [0.2, 0.25) is 0 Å². The molecule has 0 fully saturated rings. The number of carbonyl (C=O) groups is 1. The summed E-state index contributed by atoms with van der Waals surface area (Å²) in [4.78, 5) is 13.6. The van der Waals surface area contributed by atoms with Crippen LogP contribution >= 0.6 is 15.9 Å². The smallest absolute Gasteiger partial charge is 0.317 e. The van der Waals surface area contributed by atoms with E-state index in [1.54, 1.807) is 14.1 Å². The number of urea groups is 1. The Morgan fingerprint density at radius 3 is 2.48 bits per heavy atom. The Morgan fingerprint density at radius 2 is 1.86 bits per heavy atom. The average molecular weight is 348 g/mol. The molecule has 2 rings (SSSR count). The summed E-state index contributed by atoms with van der Waals surface area (Å²) in [5.41, 5.74) is 8.59. The Hall–Kier alpha value is -2.01. The Balaban J connectivity index is 2.45. The molecule has 0 aliphatic carbocycles. The molecule has 5 heteroatoms. The second-order valence-electron chi connectivity index (χ2n) is 4.96. The molecule has 0 aliphatic rings. The molecule has 0 radical (unpaired) electrons. The van der Waals surface area contributed by atoms with Crippen molar-refractivity contribution in [1.82, 2.24) is 10.2 Å². The summed E-state index contributed by atoms with van der Waals surface area (Å²) < 4.78 is 0.923. The summed E-state index contributed by atoms with van der Waals surface area (Å²) in [5, 5.41) is 3.00. The first-order valence-electron chi connectivity index (χ1n) is 6.56. The molecule has 110 valence electrons. The SMILES string of the molecule is CN(C)C(=O)N[C@H](c1ccccc1)c1cc(Br)ccc1N. The number of amides is 2. The van der Waals surface area contributed by atoms with Gasteiger partial charge in [0, 0.05) is 29.8 Å². The van der Waals surface area contributed by atoms with Gasteiger partial charge in [0.1, 0.15) is 0 Å². The number of benzene rings is 2. The first kappa shape index (κ1) is 15.4. The molecule has 0 saturated carbocycles. The maximum absolute atomic E-state index is 12.1. The first-order valence-corrected chi connectivity index (χ1v) is 7.36. The normalized spacial score (nSPS) is 11.8. The van der Waals surface area contributed by atoms with Crippen LogP contribution in [-0.2, 0) is 0 Å². The van der Waals surface area contributed by atoms with Crippen molar-refractivity contribution in [2.75, 3.05) is 19.8 Å². The summed E-state index contributed by atoms with van der Waals surface area (Å²) in [5.74, 6) is 0. The zero-order valence-corrected chi connectivity index (χ0v) is 13.6. The number of anilines is 1. The highest BCUT2D eigenvalue weighted by Crippen LogP contribution is 2.29. The van der Waals surface area contributed by atoms with Gasteiger partial charge in [0.2, 0.25) is 0 Å². The van der Waals surface area contributed by atoms with Crippen LogP contribution in [-0.4, -0.2) is 25.0 Å². The zero-order valence-electron chi connectivity index (χ0n) is 12.0. The molecule has 1 atom stereocenters. The lowest BCUT2D eigenvalue weighted by Gasteiger charge is -2.23. The van der Waals surface area contributed by atoms with E-state index in [9.17, 15) is 4.79 Å². The fraction of sp³-hybridized carbons (Fsp3) is 0.188. The second-order valence-corrected chi connectivity index (χ2v) is 5.88. The van der Waals surface area contributed by atoms with Gasteiger partial charge in [0.05, 0.1) is 6.04 Å². The molecule has 21 heavy (non-hydrogen) atoms. The Labute approximate surface area is 133 Å². The molecule has 2 aromatic rings. The van der Waals surface area contributed by atoms with Crippen LogP contribution in [0.4, 0.5) is 10.5 Å². The summed E-state index contributed by atoms with van der Waals surface area (Å²) in [6.45, 7) is 0. The second kappa shape index (κ2) is 6.63. The molecular formula is C16H18BrN3O. The number of carbonyl (C=O) groups excluding carboxylic acids is 1. The highest BCUT2D eigenvalue weighted by Gasteiger charge is 2.20. The maximum Gasteiger partial charge on any atom is 0.317 e. The standard InChI is InChI=1S/C16H18BrN3O/c1-20(2)16(21)19-15(11-6-4-3-5-7-11)13-10-12(17)8-9-14(13)18/h3-10,15H,18H2,1-2H3,(H,19,21)/t15-/m1/s1. The van der Waals surface area contributed by atoms with Crippen LogP contribution in [0.3, 0.4) is 0 Å². The molecular weight excluding hydrogens is 330 g/mol. The van der Waals surface area contributed by atoms with Gasteiger partial charge in [0.15, 0.2) is 0 Å². The third-order valence-corrected chi connectivity index (χ3v) is 3.66. The van der Waals surface area contributed by atoms with E-state index in [1.165, 1.54) is 4.90 Å². The van der Waals surface area contributed by atoms with Gasteiger partial charge in [0.25, 0.3) is 0 Å². The summed E-state index contributed by atoms with van der Waals surface area (Å²) in [7, 11) is 3.42. The van der Waals surface area contributed by atoms with E-state index in [-0.39, 0.29) is 12.1 Å². The fourth-order valence-electron chi connectivity index (χ4n) is 2.03. The molecule has 0 unspecified atom stereocenters. The first-order chi connectivity index (χ1) is 9.99. The van der Waals surface area contributed by atoms with E-state index in [0.29, 0.717) is 5.69 Å². The predicted molar refractivity (Wildman–Crippen MR) is 89.1 cm³/mol.